The van der Waals surface area contributed by atoms with Crippen molar-refractivity contribution in [3.05, 3.63) is 78.5 Å². The molecule has 24 heteroatoms. The molecule has 0 spiro atoms. The van der Waals surface area contributed by atoms with Gasteiger partial charge in [0.2, 0.25) is 0 Å². The third-order valence-electron chi connectivity index (χ3n) is 6.98. The molecule has 0 saturated carbocycles. The SMILES string of the molecule is O=C(O)C(F)(F)F.O=C(O)C(F)(F)F.O=C(O)C(F)(F)F.O=C(O)CCc1ccc(Oc2nccc(-c3c(-c4ccc(F)cc4)ncn3C3CCNCC3)n2)cc1. The maximum atomic E-state index is 13.6. The Morgan fingerprint density at radius 2 is 1.23 bits per heavy atom. The molecule has 0 bridgehead atoms. The number of hydrogen-bond acceptors (Lipinski definition) is 9. The van der Waals surface area contributed by atoms with Crippen LogP contribution in [0.5, 0.6) is 11.8 Å². The van der Waals surface area contributed by atoms with E-state index in [0.717, 1.165) is 48.4 Å². The number of rotatable bonds is 8. The molecule has 1 fully saturated rings. The minimum absolute atomic E-state index is 0.0759. The van der Waals surface area contributed by atoms with E-state index in [1.54, 1.807) is 30.5 Å². The van der Waals surface area contributed by atoms with Gasteiger partial charge in [-0.05, 0) is 80.4 Å². The number of carbonyl (C=O) groups is 4. The van der Waals surface area contributed by atoms with Crippen molar-refractivity contribution in [2.75, 3.05) is 13.1 Å². The summed E-state index contributed by atoms with van der Waals surface area (Å²) in [5, 5.41) is 33.6. The molecule has 1 aliphatic rings. The van der Waals surface area contributed by atoms with Gasteiger partial charge < -0.3 is 35.0 Å². The number of halogens is 10. The Labute approximate surface area is 313 Å². The van der Waals surface area contributed by atoms with Gasteiger partial charge in [0.05, 0.1) is 23.4 Å². The van der Waals surface area contributed by atoms with Crippen molar-refractivity contribution in [1.82, 2.24) is 24.8 Å². The Morgan fingerprint density at radius 1 is 0.737 bits per heavy atom. The van der Waals surface area contributed by atoms with Crippen molar-refractivity contribution < 1.29 is 88.2 Å². The van der Waals surface area contributed by atoms with E-state index in [1.807, 2.05) is 24.5 Å². The quantitative estimate of drug-likeness (QED) is 0.116. The molecule has 2 aromatic carbocycles. The number of ether oxygens (including phenoxy) is 1. The average Bonchev–Trinajstić information content (AvgIpc) is 3.57. The maximum absolute atomic E-state index is 13.6. The molecule has 57 heavy (non-hydrogen) atoms. The van der Waals surface area contributed by atoms with E-state index in [1.165, 1.54) is 12.1 Å². The number of aromatic nitrogens is 4. The Bertz CT molecular complexity index is 1890. The third kappa shape index (κ3) is 16.1. The predicted octanol–water partition coefficient (Wildman–Crippen LogP) is 6.78. The zero-order chi connectivity index (χ0) is 43.1. The van der Waals surface area contributed by atoms with Crippen LogP contribution >= 0.6 is 0 Å². The summed E-state index contributed by atoms with van der Waals surface area (Å²) in [5.41, 5.74) is 3.94. The molecule has 0 atom stereocenters. The summed E-state index contributed by atoms with van der Waals surface area (Å²) >= 11 is 0. The molecular weight excluding hydrogens is 800 g/mol. The second kappa shape index (κ2) is 20.5. The molecule has 0 aliphatic carbocycles. The van der Waals surface area contributed by atoms with Crippen LogP contribution in [0, 0.1) is 5.82 Å². The lowest BCUT2D eigenvalue weighted by Gasteiger charge is -2.25. The molecule has 1 aliphatic heterocycles. The number of nitrogens with one attached hydrogen (secondary N) is 1. The number of carboxylic acid groups (broad SMARTS) is 4. The fourth-order valence-electron chi connectivity index (χ4n) is 4.40. The molecule has 3 heterocycles. The number of carboxylic acids is 4. The second-order valence-corrected chi connectivity index (χ2v) is 11.1. The van der Waals surface area contributed by atoms with Gasteiger partial charge in [0.1, 0.15) is 11.6 Å². The van der Waals surface area contributed by atoms with Crippen molar-refractivity contribution in [1.29, 1.82) is 0 Å². The van der Waals surface area contributed by atoms with Crippen LogP contribution in [0.25, 0.3) is 22.6 Å². The van der Waals surface area contributed by atoms with E-state index in [0.29, 0.717) is 17.9 Å². The summed E-state index contributed by atoms with van der Waals surface area (Å²) in [6, 6.07) is 15.8. The standard InChI is InChI=1S/C27H26FN5O3.3C2HF3O2/c28-20-6-4-19(5-7-20)25-26(33(17-31-25)21-11-14-29-15-12-21)23-13-16-30-27(32-23)36-22-8-1-18(2-9-22)3-10-24(34)35;3*3-2(4,5)1(6)7/h1-2,4-9,13,16-17,21,29H,3,10-12,14-15H2,(H,34,35);3*(H,6,7). The van der Waals surface area contributed by atoms with Crippen molar-refractivity contribution >= 4 is 23.9 Å². The highest BCUT2D eigenvalue weighted by Gasteiger charge is 2.39. The van der Waals surface area contributed by atoms with Gasteiger partial charge >= 0.3 is 48.4 Å². The fourth-order valence-corrected chi connectivity index (χ4v) is 4.40. The monoisotopic (exact) mass is 829 g/mol. The number of aliphatic carboxylic acids is 4. The lowest BCUT2D eigenvalue weighted by atomic mass is 10.0. The van der Waals surface area contributed by atoms with E-state index < -0.39 is 42.4 Å². The van der Waals surface area contributed by atoms with Crippen molar-refractivity contribution in [2.24, 2.45) is 0 Å². The van der Waals surface area contributed by atoms with Crippen molar-refractivity contribution in [2.45, 2.75) is 50.3 Å². The topological polar surface area (TPSA) is 214 Å². The molecule has 4 aromatic rings. The van der Waals surface area contributed by atoms with Gasteiger partial charge in [0.15, 0.2) is 0 Å². The van der Waals surface area contributed by atoms with Gasteiger partial charge in [0.25, 0.3) is 0 Å². The zero-order valence-electron chi connectivity index (χ0n) is 28.6. The second-order valence-electron chi connectivity index (χ2n) is 11.1. The van der Waals surface area contributed by atoms with E-state index >= 15 is 0 Å². The van der Waals surface area contributed by atoms with E-state index in [-0.39, 0.29) is 24.3 Å². The van der Waals surface area contributed by atoms with Gasteiger partial charge in [0, 0.05) is 24.2 Å². The highest BCUT2D eigenvalue weighted by Crippen LogP contribution is 2.35. The molecule has 0 radical (unpaired) electrons. The zero-order valence-corrected chi connectivity index (χ0v) is 28.6. The average molecular weight is 830 g/mol. The van der Waals surface area contributed by atoms with Crippen molar-refractivity contribution in [3.63, 3.8) is 0 Å². The highest BCUT2D eigenvalue weighted by atomic mass is 19.4. The number of aryl methyl sites for hydroxylation is 1. The van der Waals surface area contributed by atoms with Crippen LogP contribution in [0.3, 0.4) is 0 Å². The largest absolute Gasteiger partial charge is 0.490 e. The molecule has 1 saturated heterocycles. The molecule has 310 valence electrons. The van der Waals surface area contributed by atoms with Gasteiger partial charge in [-0.25, -0.2) is 28.7 Å². The predicted molar refractivity (Wildman–Crippen MR) is 173 cm³/mol. The first-order valence-corrected chi connectivity index (χ1v) is 15.7. The van der Waals surface area contributed by atoms with Crippen LogP contribution in [0.15, 0.2) is 67.1 Å². The van der Waals surface area contributed by atoms with Gasteiger partial charge in [-0.3, -0.25) is 4.79 Å². The molecular formula is C33H29F10N5O9. The summed E-state index contributed by atoms with van der Waals surface area (Å²) < 4.78 is 117. The van der Waals surface area contributed by atoms with Crippen LogP contribution in [0.1, 0.15) is 30.9 Å². The molecule has 0 unspecified atom stereocenters. The first-order valence-electron chi connectivity index (χ1n) is 15.7. The molecule has 5 rings (SSSR count). The summed E-state index contributed by atoms with van der Waals surface area (Å²) in [5.74, 6) is -8.85. The van der Waals surface area contributed by atoms with Crippen LogP contribution in [-0.2, 0) is 25.6 Å². The Balaban J connectivity index is 0.000000438. The summed E-state index contributed by atoms with van der Waals surface area (Å²) in [6.07, 6.45) is -9.31. The number of piperidine rings is 1. The summed E-state index contributed by atoms with van der Waals surface area (Å²) in [6.45, 7) is 1.85. The summed E-state index contributed by atoms with van der Waals surface area (Å²) in [7, 11) is 0. The van der Waals surface area contributed by atoms with E-state index in [4.69, 9.17) is 49.5 Å². The third-order valence-corrected chi connectivity index (χ3v) is 6.98. The van der Waals surface area contributed by atoms with Gasteiger partial charge in [-0.15, -0.1) is 0 Å². The molecule has 2 aromatic heterocycles. The molecule has 0 amide bonds. The van der Waals surface area contributed by atoms with Crippen LogP contribution in [0.2, 0.25) is 0 Å². The Morgan fingerprint density at radius 3 is 1.68 bits per heavy atom. The van der Waals surface area contributed by atoms with Gasteiger partial charge in [-0.1, -0.05) is 12.1 Å². The van der Waals surface area contributed by atoms with Crippen LogP contribution < -0.4 is 10.1 Å². The number of nitrogens with zero attached hydrogens (tertiary/aromatic N) is 4. The summed E-state index contributed by atoms with van der Waals surface area (Å²) in [4.78, 5) is 51.2. The fraction of sp³-hybridized carbons (Fsp3) is 0.303. The normalized spacial score (nSPS) is 13.0. The van der Waals surface area contributed by atoms with Gasteiger partial charge in [-0.2, -0.15) is 44.5 Å². The lowest BCUT2D eigenvalue weighted by molar-refractivity contribution is -0.193. The number of alkyl halides is 9. The Hall–Kier alpha value is -6.33. The Kier molecular flexibility index (Phi) is 16.9. The first-order chi connectivity index (χ1) is 26.4. The van der Waals surface area contributed by atoms with Crippen molar-refractivity contribution in [3.8, 4) is 34.4 Å². The van der Waals surface area contributed by atoms with E-state index in [9.17, 15) is 48.7 Å². The lowest BCUT2D eigenvalue weighted by Crippen LogP contribution is -2.29. The highest BCUT2D eigenvalue weighted by molar-refractivity contribution is 5.77. The van der Waals surface area contributed by atoms with E-state index in [2.05, 4.69) is 14.9 Å². The first kappa shape index (κ1) is 46.8. The number of benzene rings is 2. The van der Waals surface area contributed by atoms with Crippen LogP contribution in [-0.4, -0.2) is 95.4 Å². The molecule has 14 nitrogen and oxygen atoms in total. The van der Waals surface area contributed by atoms with Crippen LogP contribution in [0.4, 0.5) is 43.9 Å². The molecule has 5 N–H and O–H groups in total. The number of imidazole rings is 1. The minimum atomic E-state index is -5.08. The maximum Gasteiger partial charge on any atom is 0.490 e. The number of hydrogen-bond donors (Lipinski definition) is 5. The smallest absolute Gasteiger partial charge is 0.481 e. The minimum Gasteiger partial charge on any atom is -0.481 e.